The van der Waals surface area contributed by atoms with Crippen LogP contribution in [0.4, 0.5) is 0 Å². The Kier molecular flexibility index (Phi) is 2.80. The molecule has 2 aromatic carbocycles. The molecule has 0 spiro atoms. The summed E-state index contributed by atoms with van der Waals surface area (Å²) in [7, 11) is 0. The first-order valence-corrected chi connectivity index (χ1v) is 6.06. The van der Waals surface area contributed by atoms with Crippen LogP contribution in [0.5, 0.6) is 0 Å². The van der Waals surface area contributed by atoms with Crippen molar-refractivity contribution in [1.82, 2.24) is 4.57 Å². The molecule has 0 aliphatic heterocycles. The molecule has 0 aliphatic carbocycles. The normalized spacial score (nSPS) is 10.7. The van der Waals surface area contributed by atoms with E-state index in [1.54, 1.807) is 0 Å². The van der Waals surface area contributed by atoms with Crippen molar-refractivity contribution < 1.29 is 9.53 Å². The van der Waals surface area contributed by atoms with Crippen LogP contribution >= 0.6 is 0 Å². The van der Waals surface area contributed by atoms with Crippen LogP contribution in [0.3, 0.4) is 0 Å². The van der Waals surface area contributed by atoms with E-state index in [2.05, 4.69) is 18.7 Å². The molecule has 0 N–H and O–H groups in total. The predicted octanol–water partition coefficient (Wildman–Crippen LogP) is 3.48. The lowest BCUT2D eigenvalue weighted by Gasteiger charge is -2.07. The highest BCUT2D eigenvalue weighted by Crippen LogP contribution is 2.28. The summed E-state index contributed by atoms with van der Waals surface area (Å²) >= 11 is 0. The molecule has 0 bridgehead atoms. The number of carbonyl (C=O) groups is 1. The van der Waals surface area contributed by atoms with Gasteiger partial charge in [-0.2, -0.15) is 0 Å². The van der Waals surface area contributed by atoms with E-state index in [-0.39, 0.29) is 6.73 Å². The number of ether oxygens (including phenoxy) is 1. The number of fused-ring (bicyclic) bond motifs is 3. The van der Waals surface area contributed by atoms with Crippen molar-refractivity contribution in [3.63, 3.8) is 0 Å². The van der Waals surface area contributed by atoms with Gasteiger partial charge in [-0.25, -0.2) is 4.79 Å². The first kappa shape index (κ1) is 11.5. The fourth-order valence-electron chi connectivity index (χ4n) is 2.33. The summed E-state index contributed by atoms with van der Waals surface area (Å²) < 4.78 is 7.15. The third kappa shape index (κ3) is 1.89. The predicted molar refractivity (Wildman–Crippen MR) is 75.7 cm³/mol. The molecule has 0 radical (unpaired) electrons. The van der Waals surface area contributed by atoms with E-state index < -0.39 is 5.97 Å². The summed E-state index contributed by atoms with van der Waals surface area (Å²) in [5, 5.41) is 2.32. The van der Waals surface area contributed by atoms with Crippen LogP contribution in [0.1, 0.15) is 0 Å². The number of nitrogens with zero attached hydrogens (tertiary/aromatic N) is 1. The largest absolute Gasteiger partial charge is 0.441 e. The molecule has 3 heteroatoms. The maximum absolute atomic E-state index is 11.2. The fraction of sp³-hybridized carbons (Fsp3) is 0.0625. The van der Waals surface area contributed by atoms with Gasteiger partial charge in [0, 0.05) is 16.8 Å². The summed E-state index contributed by atoms with van der Waals surface area (Å²) in [6, 6.07) is 16.2. The Morgan fingerprint density at radius 2 is 1.58 bits per heavy atom. The highest BCUT2D eigenvalue weighted by molar-refractivity contribution is 6.07. The lowest BCUT2D eigenvalue weighted by Crippen LogP contribution is -2.06. The lowest BCUT2D eigenvalue weighted by atomic mass is 10.2. The van der Waals surface area contributed by atoms with Crippen LogP contribution in [-0.2, 0) is 16.3 Å². The Balaban J connectivity index is 2.19. The summed E-state index contributed by atoms with van der Waals surface area (Å²) in [4.78, 5) is 11.2. The summed E-state index contributed by atoms with van der Waals surface area (Å²) in [6.45, 7) is 3.59. The number of esters is 1. The summed E-state index contributed by atoms with van der Waals surface area (Å²) in [6.07, 6.45) is 1.17. The van der Waals surface area contributed by atoms with Crippen molar-refractivity contribution in [1.29, 1.82) is 0 Å². The van der Waals surface area contributed by atoms with Gasteiger partial charge in [-0.15, -0.1) is 0 Å². The molecule has 0 aliphatic rings. The van der Waals surface area contributed by atoms with Gasteiger partial charge in [-0.05, 0) is 12.1 Å². The minimum atomic E-state index is -0.415. The van der Waals surface area contributed by atoms with Crippen molar-refractivity contribution in [2.75, 3.05) is 0 Å². The van der Waals surface area contributed by atoms with Crippen LogP contribution in [-0.4, -0.2) is 10.5 Å². The number of hydrogen-bond acceptors (Lipinski definition) is 2. The highest BCUT2D eigenvalue weighted by Gasteiger charge is 2.09. The van der Waals surface area contributed by atoms with Gasteiger partial charge in [0.1, 0.15) is 0 Å². The molecule has 0 fully saturated rings. The molecule has 0 unspecified atom stereocenters. The molecule has 1 heterocycles. The van der Waals surface area contributed by atoms with Crippen molar-refractivity contribution in [3.05, 3.63) is 61.2 Å². The minimum Gasteiger partial charge on any atom is -0.441 e. The zero-order valence-corrected chi connectivity index (χ0v) is 10.4. The van der Waals surface area contributed by atoms with E-state index in [1.165, 1.54) is 6.08 Å². The van der Waals surface area contributed by atoms with E-state index in [9.17, 15) is 4.79 Å². The Bertz CT molecular complexity index is 717. The maximum Gasteiger partial charge on any atom is 0.331 e. The molecule has 3 nitrogen and oxygen atoms in total. The molecule has 0 atom stereocenters. The topological polar surface area (TPSA) is 31.2 Å². The van der Waals surface area contributed by atoms with Crippen LogP contribution in [0, 0.1) is 0 Å². The van der Waals surface area contributed by atoms with Crippen LogP contribution in [0.15, 0.2) is 61.2 Å². The van der Waals surface area contributed by atoms with Gasteiger partial charge in [0.25, 0.3) is 0 Å². The highest BCUT2D eigenvalue weighted by atomic mass is 16.5. The third-order valence-electron chi connectivity index (χ3n) is 3.18. The molecular formula is C16H13NO2. The Hall–Kier alpha value is -2.55. The van der Waals surface area contributed by atoms with E-state index >= 15 is 0 Å². The minimum absolute atomic E-state index is 0.193. The van der Waals surface area contributed by atoms with E-state index in [0.29, 0.717) is 0 Å². The summed E-state index contributed by atoms with van der Waals surface area (Å²) in [5.74, 6) is -0.415. The number of rotatable bonds is 3. The van der Waals surface area contributed by atoms with Gasteiger partial charge in [-0.1, -0.05) is 43.0 Å². The number of benzene rings is 2. The smallest absolute Gasteiger partial charge is 0.331 e. The Labute approximate surface area is 110 Å². The molecule has 0 amide bonds. The first-order valence-electron chi connectivity index (χ1n) is 6.06. The average Bonchev–Trinajstić information content (AvgIpc) is 2.79. The van der Waals surface area contributed by atoms with E-state index in [0.717, 1.165) is 21.8 Å². The second-order valence-electron chi connectivity index (χ2n) is 4.26. The molecule has 0 saturated carbocycles. The van der Waals surface area contributed by atoms with Crippen molar-refractivity contribution in [2.45, 2.75) is 6.73 Å². The van der Waals surface area contributed by atoms with Gasteiger partial charge >= 0.3 is 5.97 Å². The molecule has 1 aromatic heterocycles. The number of aromatic nitrogens is 1. The monoisotopic (exact) mass is 251 g/mol. The van der Waals surface area contributed by atoms with E-state index in [4.69, 9.17) is 4.74 Å². The molecular weight excluding hydrogens is 238 g/mol. The van der Waals surface area contributed by atoms with Gasteiger partial charge in [0.2, 0.25) is 0 Å². The molecule has 19 heavy (non-hydrogen) atoms. The van der Waals surface area contributed by atoms with Gasteiger partial charge in [0.15, 0.2) is 6.73 Å². The molecule has 3 rings (SSSR count). The Morgan fingerprint density at radius 3 is 2.11 bits per heavy atom. The fourth-order valence-corrected chi connectivity index (χ4v) is 2.33. The molecule has 0 saturated heterocycles. The van der Waals surface area contributed by atoms with Crippen molar-refractivity contribution in [2.24, 2.45) is 0 Å². The van der Waals surface area contributed by atoms with Gasteiger partial charge in [0.05, 0.1) is 11.0 Å². The number of hydrogen-bond donors (Lipinski definition) is 0. The van der Waals surface area contributed by atoms with E-state index in [1.807, 2.05) is 41.0 Å². The Morgan fingerprint density at radius 1 is 1.05 bits per heavy atom. The maximum atomic E-state index is 11.2. The van der Waals surface area contributed by atoms with Gasteiger partial charge < -0.3 is 9.30 Å². The summed E-state index contributed by atoms with van der Waals surface area (Å²) in [5.41, 5.74) is 2.11. The van der Waals surface area contributed by atoms with Crippen LogP contribution in [0.2, 0.25) is 0 Å². The van der Waals surface area contributed by atoms with Crippen molar-refractivity contribution >= 4 is 27.8 Å². The quantitative estimate of drug-likeness (QED) is 0.527. The zero-order valence-electron chi connectivity index (χ0n) is 10.4. The first-order chi connectivity index (χ1) is 9.31. The second-order valence-corrected chi connectivity index (χ2v) is 4.26. The number of para-hydroxylation sites is 2. The zero-order chi connectivity index (χ0) is 13.2. The number of carbonyl (C=O) groups excluding carboxylic acids is 1. The third-order valence-corrected chi connectivity index (χ3v) is 3.18. The van der Waals surface area contributed by atoms with Gasteiger partial charge in [-0.3, -0.25) is 0 Å². The average molecular weight is 251 g/mol. The van der Waals surface area contributed by atoms with Crippen LogP contribution < -0.4 is 0 Å². The van der Waals surface area contributed by atoms with Crippen molar-refractivity contribution in [3.8, 4) is 0 Å². The standard InChI is InChI=1S/C16H13NO2/c1-2-16(18)19-11-17-14-9-5-3-7-12(14)13-8-4-6-10-15(13)17/h2-10H,1,11H2. The lowest BCUT2D eigenvalue weighted by molar-refractivity contribution is -0.141. The second kappa shape index (κ2) is 4.61. The SMILES string of the molecule is C=CC(=O)OCn1c2ccccc2c2ccccc21. The van der Waals surface area contributed by atoms with Crippen LogP contribution in [0.25, 0.3) is 21.8 Å². The molecule has 94 valence electrons. The molecule has 3 aromatic rings.